The zero-order chi connectivity index (χ0) is 54.3. The molecule has 4 atom stereocenters. The van der Waals surface area contributed by atoms with E-state index in [-0.39, 0.29) is 88.5 Å². The standard InChI is InChI=1S/C51H65N13O11/c1-64-41(9-5-20-56-46(71)34-14-16-36(17-15-34)60-43(67)28-58-42(66)27-54-22-23-55-30-45(69)70)49(74)62-38(8-4-21-57-51(52)53)48(73)63-39(26-32-10-13-33-6-2-3-7-35(33)24-32)47(72)59-29-44(68)61-40(50(64)75)25-31-11-18-37(65)19-12-31/h2-3,6-7,10-19,24,38-41,54-55,65H,4-5,8-9,20-23,25-30H2,1H3,(H,56,71)(H,58,66)(H,59,72)(H,60,67)(H,61,68)(H,62,74)(H,63,73)(H,69,70)(H4,52,53,57)/t38-,39-,40+,41+/m0/s1. The van der Waals surface area contributed by atoms with Crippen molar-refractivity contribution in [2.75, 3.05) is 64.7 Å². The van der Waals surface area contributed by atoms with Crippen LogP contribution in [0.4, 0.5) is 5.69 Å². The number of anilines is 1. The number of hydrogen-bond acceptors (Lipinski definition) is 13. The van der Waals surface area contributed by atoms with Crippen LogP contribution < -0.4 is 59.3 Å². The number of guanidine groups is 1. The summed E-state index contributed by atoms with van der Waals surface area (Å²) in [5.41, 5.74) is 12.9. The number of aliphatic imine (C=N–C) groups is 1. The van der Waals surface area contributed by atoms with Gasteiger partial charge in [0.15, 0.2) is 5.96 Å². The summed E-state index contributed by atoms with van der Waals surface area (Å²) in [4.78, 5) is 124. The Morgan fingerprint density at radius 2 is 1.35 bits per heavy atom. The minimum atomic E-state index is -1.27. The molecular weight excluding hydrogens is 971 g/mol. The molecule has 1 heterocycles. The van der Waals surface area contributed by atoms with Gasteiger partial charge >= 0.3 is 5.97 Å². The number of nitrogens with two attached hydrogens (primary N) is 2. The van der Waals surface area contributed by atoms with Crippen molar-refractivity contribution in [3.05, 3.63) is 108 Å². The average molecular weight is 1040 g/mol. The summed E-state index contributed by atoms with van der Waals surface area (Å²) in [5, 5.41) is 44.7. The highest BCUT2D eigenvalue weighted by Crippen LogP contribution is 2.19. The molecule has 0 radical (unpaired) electrons. The zero-order valence-corrected chi connectivity index (χ0v) is 41.5. The fourth-order valence-corrected chi connectivity index (χ4v) is 7.95. The van der Waals surface area contributed by atoms with E-state index in [4.69, 9.17) is 16.6 Å². The molecule has 0 aliphatic carbocycles. The molecule has 400 valence electrons. The summed E-state index contributed by atoms with van der Waals surface area (Å²) in [5.74, 6) is -6.23. The number of carboxylic acid groups (broad SMARTS) is 1. The Morgan fingerprint density at radius 3 is 2.05 bits per heavy atom. The maximum atomic E-state index is 14.6. The van der Waals surface area contributed by atoms with Crippen LogP contribution in [0.25, 0.3) is 10.8 Å². The molecule has 24 heteroatoms. The fourth-order valence-electron chi connectivity index (χ4n) is 7.95. The molecule has 0 bridgehead atoms. The second kappa shape index (κ2) is 29.2. The van der Waals surface area contributed by atoms with Gasteiger partial charge in [0.2, 0.25) is 41.4 Å². The van der Waals surface area contributed by atoms with Gasteiger partial charge in [-0.05, 0) is 84.0 Å². The molecule has 8 amide bonds. The number of amides is 8. The summed E-state index contributed by atoms with van der Waals surface area (Å²) in [6, 6.07) is 20.1. The molecule has 0 spiro atoms. The van der Waals surface area contributed by atoms with E-state index >= 15 is 0 Å². The third-order valence-electron chi connectivity index (χ3n) is 11.9. The predicted octanol–water partition coefficient (Wildman–Crippen LogP) is -1.68. The normalized spacial score (nSPS) is 17.5. The van der Waals surface area contributed by atoms with Crippen LogP contribution >= 0.6 is 0 Å². The number of hydrogen-bond donors (Lipinski definition) is 13. The molecule has 1 saturated heterocycles. The molecule has 4 aromatic carbocycles. The minimum Gasteiger partial charge on any atom is -0.508 e. The first-order valence-corrected chi connectivity index (χ1v) is 24.3. The molecule has 0 unspecified atom stereocenters. The van der Waals surface area contributed by atoms with Gasteiger partial charge in [0, 0.05) is 57.3 Å². The van der Waals surface area contributed by atoms with Gasteiger partial charge in [-0.2, -0.15) is 0 Å². The lowest BCUT2D eigenvalue weighted by atomic mass is 10.00. The van der Waals surface area contributed by atoms with Gasteiger partial charge in [-0.25, -0.2) is 0 Å². The number of carbonyl (C=O) groups is 9. The first kappa shape index (κ1) is 57.3. The Labute approximate surface area is 432 Å². The van der Waals surface area contributed by atoms with Gasteiger partial charge in [0.25, 0.3) is 5.91 Å². The summed E-state index contributed by atoms with van der Waals surface area (Å²) in [6.45, 7) is -0.400. The molecule has 24 nitrogen and oxygen atoms in total. The third kappa shape index (κ3) is 19.4. The number of nitrogens with zero attached hydrogens (tertiary/aromatic N) is 2. The van der Waals surface area contributed by atoms with Crippen LogP contribution in [0.3, 0.4) is 0 Å². The minimum absolute atomic E-state index is 0.0115. The van der Waals surface area contributed by atoms with Crippen LogP contribution in [-0.2, 0) is 51.2 Å². The van der Waals surface area contributed by atoms with Crippen molar-refractivity contribution < 1.29 is 53.4 Å². The van der Waals surface area contributed by atoms with Crippen molar-refractivity contribution in [3.8, 4) is 5.75 Å². The Hall–Kier alpha value is -8.64. The molecule has 5 rings (SSSR count). The number of aromatic hydroxyl groups is 1. The average Bonchev–Trinajstić information content (AvgIpc) is 3.38. The number of nitrogens with one attached hydrogen (secondary N) is 9. The maximum absolute atomic E-state index is 14.6. The van der Waals surface area contributed by atoms with E-state index in [1.165, 1.54) is 43.4 Å². The van der Waals surface area contributed by atoms with E-state index in [9.17, 15) is 48.3 Å². The Kier molecular flexibility index (Phi) is 22.3. The van der Waals surface area contributed by atoms with Crippen LogP contribution in [0.15, 0.2) is 96.0 Å². The van der Waals surface area contributed by atoms with E-state index < -0.39 is 83.9 Å². The molecule has 75 heavy (non-hydrogen) atoms. The van der Waals surface area contributed by atoms with Crippen molar-refractivity contribution in [1.29, 1.82) is 0 Å². The Balaban J connectivity index is 1.29. The van der Waals surface area contributed by atoms with E-state index in [0.29, 0.717) is 29.9 Å². The van der Waals surface area contributed by atoms with Crippen LogP contribution in [0.1, 0.15) is 47.2 Å². The lowest BCUT2D eigenvalue weighted by molar-refractivity contribution is -0.142. The van der Waals surface area contributed by atoms with Gasteiger partial charge in [0.05, 0.1) is 26.2 Å². The highest BCUT2D eigenvalue weighted by molar-refractivity contribution is 5.99. The highest BCUT2D eigenvalue weighted by atomic mass is 16.4. The lowest BCUT2D eigenvalue weighted by Gasteiger charge is -2.32. The second-order valence-corrected chi connectivity index (χ2v) is 17.7. The number of carbonyl (C=O) groups excluding carboxylic acids is 8. The number of carboxylic acids is 1. The van der Waals surface area contributed by atoms with Gasteiger partial charge in [-0.15, -0.1) is 0 Å². The van der Waals surface area contributed by atoms with Gasteiger partial charge in [-0.1, -0.05) is 54.6 Å². The largest absolute Gasteiger partial charge is 0.508 e. The number of rotatable bonds is 23. The second-order valence-electron chi connectivity index (χ2n) is 17.7. The molecule has 1 aliphatic rings. The molecule has 1 aliphatic heterocycles. The van der Waals surface area contributed by atoms with Crippen molar-refractivity contribution in [2.45, 2.75) is 62.7 Å². The van der Waals surface area contributed by atoms with Gasteiger partial charge in [-0.3, -0.25) is 48.1 Å². The number of likely N-dealkylation sites (N-methyl/N-ethyl adjacent to an activating group) is 1. The quantitative estimate of drug-likeness (QED) is 0.0224. The molecule has 0 aromatic heterocycles. The first-order valence-electron chi connectivity index (χ1n) is 24.3. The fraction of sp³-hybridized carbons (Fsp3) is 0.373. The molecule has 1 fully saturated rings. The van der Waals surface area contributed by atoms with Crippen molar-refractivity contribution >= 4 is 75.6 Å². The van der Waals surface area contributed by atoms with E-state index in [1.807, 2.05) is 42.5 Å². The summed E-state index contributed by atoms with van der Waals surface area (Å²) in [6.07, 6.45) is 0.278. The highest BCUT2D eigenvalue weighted by Gasteiger charge is 2.35. The topological polar surface area (TPSA) is 370 Å². The molecule has 0 saturated carbocycles. The molecular formula is C51H65N13O11. The SMILES string of the molecule is CN1C(=O)[C@@H](Cc2ccc(O)cc2)NC(=O)CNC(=O)[C@H](Cc2ccc3ccccc3c2)NC(=O)[C@H](CCCN=C(N)N)NC(=O)[C@H]1CCCNC(=O)c1ccc(NC(=O)CNC(=O)CNCCNCC(=O)O)cc1. The summed E-state index contributed by atoms with van der Waals surface area (Å²) in [7, 11) is 1.38. The number of fused-ring (bicyclic) bond motifs is 1. The maximum Gasteiger partial charge on any atom is 0.317 e. The monoisotopic (exact) mass is 1040 g/mol. The first-order chi connectivity index (χ1) is 35.9. The number of phenolic OH excluding ortho intramolecular Hbond substituents is 1. The van der Waals surface area contributed by atoms with Gasteiger partial charge < -0.3 is 74.4 Å². The van der Waals surface area contributed by atoms with Crippen molar-refractivity contribution in [3.63, 3.8) is 0 Å². The summed E-state index contributed by atoms with van der Waals surface area (Å²) >= 11 is 0. The van der Waals surface area contributed by atoms with E-state index in [1.54, 1.807) is 12.1 Å². The Bertz CT molecular complexity index is 2680. The van der Waals surface area contributed by atoms with Crippen LogP contribution in [-0.4, -0.2) is 158 Å². The van der Waals surface area contributed by atoms with Crippen LogP contribution in [0.2, 0.25) is 0 Å². The van der Waals surface area contributed by atoms with Crippen molar-refractivity contribution in [2.24, 2.45) is 16.5 Å². The predicted molar refractivity (Wildman–Crippen MR) is 278 cm³/mol. The lowest BCUT2D eigenvalue weighted by Crippen LogP contribution is -2.58. The molecule has 4 aromatic rings. The number of phenols is 1. The molecule has 15 N–H and O–H groups in total. The van der Waals surface area contributed by atoms with Gasteiger partial charge in [0.1, 0.15) is 29.9 Å². The zero-order valence-electron chi connectivity index (χ0n) is 41.5. The summed E-state index contributed by atoms with van der Waals surface area (Å²) < 4.78 is 0. The van der Waals surface area contributed by atoms with Crippen molar-refractivity contribution in [1.82, 2.24) is 47.4 Å². The Morgan fingerprint density at radius 1 is 0.680 bits per heavy atom. The van der Waals surface area contributed by atoms with E-state index in [0.717, 1.165) is 15.7 Å². The smallest absolute Gasteiger partial charge is 0.317 e. The number of aliphatic carboxylic acids is 1. The van der Waals surface area contributed by atoms with Crippen LogP contribution in [0, 0.1) is 0 Å². The number of benzene rings is 4. The van der Waals surface area contributed by atoms with Crippen LogP contribution in [0.5, 0.6) is 5.75 Å². The van der Waals surface area contributed by atoms with E-state index in [2.05, 4.69) is 52.8 Å². The third-order valence-corrected chi connectivity index (χ3v) is 11.9.